The summed E-state index contributed by atoms with van der Waals surface area (Å²) in [6.07, 6.45) is 4.18. The molecule has 7 heteroatoms. The first-order chi connectivity index (χ1) is 15.1. The van der Waals surface area contributed by atoms with Gasteiger partial charge in [-0.1, -0.05) is 48.8 Å². The Kier molecular flexibility index (Phi) is 11.5. The van der Waals surface area contributed by atoms with Crippen LogP contribution in [0.2, 0.25) is 0 Å². The number of aryl methyl sites for hydroxylation is 3. The zero-order valence-electron chi connectivity index (χ0n) is 20.1. The van der Waals surface area contributed by atoms with Crippen LogP contribution in [0.25, 0.3) is 0 Å². The summed E-state index contributed by atoms with van der Waals surface area (Å²) in [6.45, 7) is 14.3. The lowest BCUT2D eigenvalue weighted by Gasteiger charge is -2.32. The lowest BCUT2D eigenvalue weighted by atomic mass is 9.96. The van der Waals surface area contributed by atoms with E-state index in [1.807, 2.05) is 0 Å². The molecule has 2 heterocycles. The van der Waals surface area contributed by atoms with Crippen LogP contribution in [0.15, 0.2) is 33.8 Å². The zero-order valence-corrected chi connectivity index (χ0v) is 22.4. The Morgan fingerprint density at radius 1 is 1.09 bits per heavy atom. The van der Waals surface area contributed by atoms with Gasteiger partial charge in [-0.2, -0.15) is 0 Å². The van der Waals surface area contributed by atoms with Crippen LogP contribution in [0.1, 0.15) is 61.8 Å². The van der Waals surface area contributed by atoms with Gasteiger partial charge in [0.1, 0.15) is 5.76 Å². The van der Waals surface area contributed by atoms with Crippen LogP contribution in [0.5, 0.6) is 0 Å². The predicted octanol–water partition coefficient (Wildman–Crippen LogP) is 4.69. The van der Waals surface area contributed by atoms with Crippen LogP contribution in [0.4, 0.5) is 0 Å². The smallest absolute Gasteiger partial charge is 0.191 e. The lowest BCUT2D eigenvalue weighted by molar-refractivity contribution is 0.178. The average Bonchev–Trinajstić information content (AvgIpc) is 3.20. The van der Waals surface area contributed by atoms with Crippen molar-refractivity contribution < 1.29 is 4.52 Å². The Morgan fingerprint density at radius 2 is 1.81 bits per heavy atom. The highest BCUT2D eigenvalue weighted by Gasteiger charge is 2.20. The number of piperidine rings is 1. The molecule has 0 atom stereocenters. The minimum atomic E-state index is 0. The van der Waals surface area contributed by atoms with Crippen LogP contribution in [-0.2, 0) is 25.9 Å². The van der Waals surface area contributed by atoms with Crippen LogP contribution in [0, 0.1) is 12.8 Å². The molecule has 0 unspecified atom stereocenters. The number of nitrogens with one attached hydrogen (secondary N) is 2. The van der Waals surface area contributed by atoms with E-state index in [9.17, 15) is 0 Å². The fourth-order valence-electron chi connectivity index (χ4n) is 4.16. The van der Waals surface area contributed by atoms with Gasteiger partial charge in [0, 0.05) is 31.6 Å². The van der Waals surface area contributed by atoms with Gasteiger partial charge < -0.3 is 15.2 Å². The van der Waals surface area contributed by atoms with E-state index in [0.29, 0.717) is 12.5 Å². The number of rotatable bonds is 9. The first-order valence-corrected chi connectivity index (χ1v) is 11.9. The Morgan fingerprint density at radius 3 is 2.44 bits per heavy atom. The molecule has 0 spiro atoms. The van der Waals surface area contributed by atoms with E-state index in [1.165, 1.54) is 24.0 Å². The molecule has 1 aromatic heterocycles. The summed E-state index contributed by atoms with van der Waals surface area (Å²) in [7, 11) is 0. The molecule has 0 saturated carbocycles. The number of aliphatic imine (C=N–C) groups is 1. The van der Waals surface area contributed by atoms with E-state index in [-0.39, 0.29) is 24.0 Å². The summed E-state index contributed by atoms with van der Waals surface area (Å²) in [5.41, 5.74) is 4.91. The molecule has 2 aromatic rings. The van der Waals surface area contributed by atoms with Gasteiger partial charge in [-0.3, -0.25) is 4.90 Å². The number of hydrogen-bond donors (Lipinski definition) is 2. The highest BCUT2D eigenvalue weighted by atomic mass is 127. The van der Waals surface area contributed by atoms with Gasteiger partial charge >= 0.3 is 0 Å². The van der Waals surface area contributed by atoms with Gasteiger partial charge in [0.25, 0.3) is 0 Å². The molecule has 178 valence electrons. The number of guanidine groups is 1. The topological polar surface area (TPSA) is 65.7 Å². The number of benzene rings is 1. The SMILES string of the molecule is CCNC(=NCc1c(CC)noc1CC)NCC1CCN(Cc2ccc(C)cc2)CC1.I. The molecule has 1 fully saturated rings. The third-order valence-electron chi connectivity index (χ3n) is 6.14. The van der Waals surface area contributed by atoms with Crippen molar-refractivity contribution in [1.82, 2.24) is 20.7 Å². The molecule has 32 heavy (non-hydrogen) atoms. The van der Waals surface area contributed by atoms with Crippen molar-refractivity contribution in [3.63, 3.8) is 0 Å². The van der Waals surface area contributed by atoms with Crippen molar-refractivity contribution in [1.29, 1.82) is 0 Å². The second-order valence-corrected chi connectivity index (χ2v) is 8.52. The normalized spacial score (nSPS) is 15.4. The summed E-state index contributed by atoms with van der Waals surface area (Å²) in [5, 5.41) is 11.2. The van der Waals surface area contributed by atoms with Crippen molar-refractivity contribution in [2.75, 3.05) is 26.2 Å². The average molecular weight is 554 g/mol. The third-order valence-corrected chi connectivity index (χ3v) is 6.14. The largest absolute Gasteiger partial charge is 0.361 e. The highest BCUT2D eigenvalue weighted by Crippen LogP contribution is 2.19. The van der Waals surface area contributed by atoms with E-state index in [1.54, 1.807) is 0 Å². The molecule has 2 N–H and O–H groups in total. The number of nitrogens with zero attached hydrogens (tertiary/aromatic N) is 3. The Balaban J connectivity index is 0.00000363. The van der Waals surface area contributed by atoms with Crippen molar-refractivity contribution in [3.05, 3.63) is 52.4 Å². The van der Waals surface area contributed by atoms with Crippen molar-refractivity contribution in [2.24, 2.45) is 10.9 Å². The Hall–Kier alpha value is -1.61. The van der Waals surface area contributed by atoms with E-state index in [0.717, 1.165) is 68.5 Å². The van der Waals surface area contributed by atoms with Crippen molar-refractivity contribution in [3.8, 4) is 0 Å². The maximum atomic E-state index is 5.48. The molecule has 1 saturated heterocycles. The van der Waals surface area contributed by atoms with Crippen molar-refractivity contribution in [2.45, 2.75) is 66.5 Å². The first kappa shape index (κ1) is 26.6. The second-order valence-electron chi connectivity index (χ2n) is 8.52. The van der Waals surface area contributed by atoms with Gasteiger partial charge in [0.05, 0.1) is 12.2 Å². The first-order valence-electron chi connectivity index (χ1n) is 11.9. The Labute approximate surface area is 210 Å². The molecule has 1 aliphatic heterocycles. The summed E-state index contributed by atoms with van der Waals surface area (Å²) < 4.78 is 5.48. The maximum Gasteiger partial charge on any atom is 0.191 e. The standard InChI is InChI=1S/C25H39N5O.HI/c1-5-23-22(24(6-2)31-29-23)17-28-25(26-7-3)27-16-20-12-14-30(15-13-20)18-21-10-8-19(4)9-11-21;/h8-11,20H,5-7,12-18H2,1-4H3,(H2,26,27,28);1H. The maximum absolute atomic E-state index is 5.48. The minimum Gasteiger partial charge on any atom is -0.361 e. The molecule has 6 nitrogen and oxygen atoms in total. The summed E-state index contributed by atoms with van der Waals surface area (Å²) >= 11 is 0. The molecule has 0 radical (unpaired) electrons. The number of aromatic nitrogens is 1. The van der Waals surface area contributed by atoms with E-state index in [4.69, 9.17) is 9.52 Å². The predicted molar refractivity (Wildman–Crippen MR) is 143 cm³/mol. The lowest BCUT2D eigenvalue weighted by Crippen LogP contribution is -2.42. The van der Waals surface area contributed by atoms with Gasteiger partial charge in [-0.25, -0.2) is 4.99 Å². The molecule has 0 bridgehead atoms. The van der Waals surface area contributed by atoms with Gasteiger partial charge in [-0.05, 0) is 57.7 Å². The molecule has 1 aliphatic rings. The fourth-order valence-corrected chi connectivity index (χ4v) is 4.16. The van der Waals surface area contributed by atoms with Gasteiger partial charge in [0.2, 0.25) is 0 Å². The summed E-state index contributed by atoms with van der Waals surface area (Å²) in [4.78, 5) is 7.39. The summed E-state index contributed by atoms with van der Waals surface area (Å²) in [5.74, 6) is 2.53. The molecule has 0 aliphatic carbocycles. The molecule has 0 amide bonds. The monoisotopic (exact) mass is 553 g/mol. The molecule has 3 rings (SSSR count). The highest BCUT2D eigenvalue weighted by molar-refractivity contribution is 14.0. The zero-order chi connectivity index (χ0) is 22.1. The van der Waals surface area contributed by atoms with E-state index < -0.39 is 0 Å². The molecule has 1 aromatic carbocycles. The minimum absolute atomic E-state index is 0. The quantitative estimate of drug-likeness (QED) is 0.268. The van der Waals surface area contributed by atoms with Crippen LogP contribution in [-0.4, -0.2) is 42.2 Å². The number of hydrogen-bond acceptors (Lipinski definition) is 4. The molecular weight excluding hydrogens is 513 g/mol. The van der Waals surface area contributed by atoms with Crippen LogP contribution in [0.3, 0.4) is 0 Å². The van der Waals surface area contributed by atoms with E-state index in [2.05, 4.69) is 72.7 Å². The van der Waals surface area contributed by atoms with E-state index >= 15 is 0 Å². The van der Waals surface area contributed by atoms with Gasteiger partial charge in [-0.15, -0.1) is 24.0 Å². The second kappa shape index (κ2) is 13.8. The van der Waals surface area contributed by atoms with Crippen LogP contribution >= 0.6 is 24.0 Å². The van der Waals surface area contributed by atoms with Gasteiger partial charge in [0.15, 0.2) is 5.96 Å². The third kappa shape index (κ3) is 7.76. The molecular formula is C25H40IN5O. The summed E-state index contributed by atoms with van der Waals surface area (Å²) in [6, 6.07) is 8.93. The number of likely N-dealkylation sites (tertiary alicyclic amines) is 1. The van der Waals surface area contributed by atoms with Crippen molar-refractivity contribution >= 4 is 29.9 Å². The Bertz CT molecular complexity index is 804. The number of halogens is 1. The van der Waals surface area contributed by atoms with Crippen LogP contribution < -0.4 is 10.6 Å². The fraction of sp³-hybridized carbons (Fsp3) is 0.600.